The minimum Gasteiger partial charge on any atom is -0.350 e. The van der Waals surface area contributed by atoms with Crippen LogP contribution in [-0.4, -0.2) is 43.7 Å². The van der Waals surface area contributed by atoms with Gasteiger partial charge >= 0.3 is 0 Å². The summed E-state index contributed by atoms with van der Waals surface area (Å²) in [4.78, 5) is 26.9. The lowest BCUT2D eigenvalue weighted by molar-refractivity contribution is -0.125. The van der Waals surface area contributed by atoms with Gasteiger partial charge in [0.25, 0.3) is 0 Å². The van der Waals surface area contributed by atoms with E-state index in [1.807, 2.05) is 30.3 Å². The Morgan fingerprint density at radius 3 is 2.42 bits per heavy atom. The number of nitrogens with one attached hydrogen (secondary N) is 1. The van der Waals surface area contributed by atoms with E-state index in [-0.39, 0.29) is 16.7 Å². The Morgan fingerprint density at radius 1 is 1.03 bits per heavy atom. The third kappa shape index (κ3) is 4.36. The predicted molar refractivity (Wildman–Crippen MR) is 118 cm³/mol. The minimum atomic E-state index is -3.58. The van der Waals surface area contributed by atoms with Crippen LogP contribution in [0.1, 0.15) is 37.3 Å². The second-order valence-electron chi connectivity index (χ2n) is 8.07. The molecule has 7 nitrogen and oxygen atoms in total. The maximum absolute atomic E-state index is 13.0. The molecule has 2 aliphatic heterocycles. The number of fused-ring (bicyclic) bond motifs is 1. The van der Waals surface area contributed by atoms with E-state index in [1.165, 1.54) is 16.1 Å². The van der Waals surface area contributed by atoms with Crippen molar-refractivity contribution in [3.8, 4) is 0 Å². The zero-order valence-corrected chi connectivity index (χ0v) is 18.4. The van der Waals surface area contributed by atoms with Crippen LogP contribution in [0, 0.1) is 0 Å². The van der Waals surface area contributed by atoms with E-state index in [2.05, 4.69) is 5.32 Å². The molecule has 1 atom stereocenters. The summed E-state index contributed by atoms with van der Waals surface area (Å²) in [6.45, 7) is 2.85. The molecule has 2 aromatic rings. The number of anilines is 1. The van der Waals surface area contributed by atoms with E-state index in [1.54, 1.807) is 18.2 Å². The Kier molecular flexibility index (Phi) is 6.11. The van der Waals surface area contributed by atoms with E-state index >= 15 is 0 Å². The molecule has 0 spiro atoms. The van der Waals surface area contributed by atoms with E-state index in [0.29, 0.717) is 37.3 Å². The molecule has 0 saturated carbocycles. The third-order valence-electron chi connectivity index (χ3n) is 5.94. The Labute approximate surface area is 183 Å². The Balaban J connectivity index is 1.55. The molecule has 1 saturated heterocycles. The molecule has 0 unspecified atom stereocenters. The van der Waals surface area contributed by atoms with Crippen LogP contribution in [0.3, 0.4) is 0 Å². The maximum Gasteiger partial charge on any atom is 0.243 e. The zero-order chi connectivity index (χ0) is 22.0. The summed E-state index contributed by atoms with van der Waals surface area (Å²) < 4.78 is 27.6. The highest BCUT2D eigenvalue weighted by atomic mass is 32.2. The summed E-state index contributed by atoms with van der Waals surface area (Å²) in [5.74, 6) is -0.499. The van der Waals surface area contributed by atoms with Gasteiger partial charge in [-0.3, -0.25) is 14.5 Å². The van der Waals surface area contributed by atoms with Gasteiger partial charge in [-0.05, 0) is 42.2 Å². The highest BCUT2D eigenvalue weighted by Gasteiger charge is 2.38. The molecule has 2 amide bonds. The van der Waals surface area contributed by atoms with Crippen molar-refractivity contribution in [3.05, 3.63) is 59.7 Å². The first-order valence-electron chi connectivity index (χ1n) is 10.6. The highest BCUT2D eigenvalue weighted by Crippen LogP contribution is 2.35. The van der Waals surface area contributed by atoms with Crippen molar-refractivity contribution < 1.29 is 18.0 Å². The molecule has 0 aromatic heterocycles. The van der Waals surface area contributed by atoms with Gasteiger partial charge in [0.15, 0.2) is 0 Å². The van der Waals surface area contributed by atoms with Crippen molar-refractivity contribution in [1.29, 1.82) is 0 Å². The summed E-state index contributed by atoms with van der Waals surface area (Å²) in [7, 11) is -3.58. The summed E-state index contributed by atoms with van der Waals surface area (Å²) in [6.07, 6.45) is 3.07. The molecule has 0 bridgehead atoms. The Bertz CT molecular complexity index is 1080. The standard InChI is InChI=1S/C23H27N3O4S/c1-17(27)26-21-11-10-20(31(29,30)25-12-6-3-7-13-25)14-19(21)15-22(26)23(28)24-16-18-8-4-2-5-9-18/h2,4-5,8-11,14,22H,3,6-7,12-13,15-16H2,1H3,(H,24,28)/t22-/m1/s1. The quantitative estimate of drug-likeness (QED) is 0.772. The lowest BCUT2D eigenvalue weighted by atomic mass is 10.1. The molecule has 1 N–H and O–H groups in total. The monoisotopic (exact) mass is 441 g/mol. The number of sulfonamides is 1. The van der Waals surface area contributed by atoms with Gasteiger partial charge in [-0.15, -0.1) is 0 Å². The second kappa shape index (κ2) is 8.80. The molecule has 0 radical (unpaired) electrons. The lowest BCUT2D eigenvalue weighted by Crippen LogP contribution is -2.47. The first-order chi connectivity index (χ1) is 14.9. The van der Waals surface area contributed by atoms with E-state index in [4.69, 9.17) is 0 Å². The smallest absolute Gasteiger partial charge is 0.243 e. The van der Waals surface area contributed by atoms with Gasteiger partial charge in [-0.1, -0.05) is 36.8 Å². The molecule has 31 heavy (non-hydrogen) atoms. The van der Waals surface area contributed by atoms with Gasteiger partial charge in [-0.25, -0.2) is 8.42 Å². The number of benzene rings is 2. The molecular formula is C23H27N3O4S. The lowest BCUT2D eigenvalue weighted by Gasteiger charge is -2.26. The van der Waals surface area contributed by atoms with Crippen molar-refractivity contribution in [3.63, 3.8) is 0 Å². The fourth-order valence-electron chi connectivity index (χ4n) is 4.34. The molecule has 1 fully saturated rings. The van der Waals surface area contributed by atoms with Crippen molar-refractivity contribution in [2.75, 3.05) is 18.0 Å². The number of amides is 2. The van der Waals surface area contributed by atoms with Gasteiger partial charge in [0, 0.05) is 38.7 Å². The fraction of sp³-hybridized carbons (Fsp3) is 0.391. The van der Waals surface area contributed by atoms with Crippen LogP contribution in [0.25, 0.3) is 0 Å². The number of carbonyl (C=O) groups excluding carboxylic acids is 2. The van der Waals surface area contributed by atoms with Crippen LogP contribution in [0.2, 0.25) is 0 Å². The molecule has 164 valence electrons. The topological polar surface area (TPSA) is 86.8 Å². The first-order valence-corrected chi connectivity index (χ1v) is 12.1. The number of hydrogen-bond acceptors (Lipinski definition) is 4. The van der Waals surface area contributed by atoms with Crippen LogP contribution in [0.5, 0.6) is 0 Å². The molecule has 4 rings (SSSR count). The van der Waals surface area contributed by atoms with E-state index < -0.39 is 16.1 Å². The highest BCUT2D eigenvalue weighted by molar-refractivity contribution is 7.89. The minimum absolute atomic E-state index is 0.224. The number of piperidine rings is 1. The van der Waals surface area contributed by atoms with Crippen LogP contribution in [0.15, 0.2) is 53.4 Å². The Morgan fingerprint density at radius 2 is 1.74 bits per heavy atom. The van der Waals surface area contributed by atoms with Crippen LogP contribution in [-0.2, 0) is 32.6 Å². The average molecular weight is 442 g/mol. The zero-order valence-electron chi connectivity index (χ0n) is 17.6. The number of rotatable bonds is 5. The number of hydrogen-bond donors (Lipinski definition) is 1. The predicted octanol–water partition coefficient (Wildman–Crippen LogP) is 2.46. The van der Waals surface area contributed by atoms with Crippen molar-refractivity contribution >= 4 is 27.5 Å². The van der Waals surface area contributed by atoms with Crippen molar-refractivity contribution in [2.45, 2.75) is 50.1 Å². The Hall–Kier alpha value is -2.71. The summed E-state index contributed by atoms with van der Waals surface area (Å²) in [6, 6.07) is 13.7. The van der Waals surface area contributed by atoms with Gasteiger partial charge in [0.05, 0.1) is 4.90 Å². The fourth-order valence-corrected chi connectivity index (χ4v) is 5.91. The average Bonchev–Trinajstić information content (AvgIpc) is 3.18. The molecule has 2 aromatic carbocycles. The molecule has 0 aliphatic carbocycles. The molecule has 2 heterocycles. The molecule has 2 aliphatic rings. The van der Waals surface area contributed by atoms with E-state index in [9.17, 15) is 18.0 Å². The van der Waals surface area contributed by atoms with E-state index in [0.717, 1.165) is 24.8 Å². The van der Waals surface area contributed by atoms with Gasteiger partial charge in [0.2, 0.25) is 21.8 Å². The molecule has 8 heteroatoms. The number of nitrogens with zero attached hydrogens (tertiary/aromatic N) is 2. The maximum atomic E-state index is 13.0. The molecular weight excluding hydrogens is 414 g/mol. The normalized spacial score (nSPS) is 19.1. The second-order valence-corrected chi connectivity index (χ2v) is 10.0. The van der Waals surface area contributed by atoms with Gasteiger partial charge in [-0.2, -0.15) is 4.31 Å². The van der Waals surface area contributed by atoms with Crippen LogP contribution >= 0.6 is 0 Å². The van der Waals surface area contributed by atoms with Crippen LogP contribution < -0.4 is 10.2 Å². The number of carbonyl (C=O) groups is 2. The van der Waals surface area contributed by atoms with Gasteiger partial charge in [0.1, 0.15) is 6.04 Å². The van der Waals surface area contributed by atoms with Crippen molar-refractivity contribution in [1.82, 2.24) is 9.62 Å². The summed E-state index contributed by atoms with van der Waals surface area (Å²) in [5, 5.41) is 2.90. The first kappa shape index (κ1) is 21.5. The summed E-state index contributed by atoms with van der Waals surface area (Å²) >= 11 is 0. The largest absolute Gasteiger partial charge is 0.350 e. The van der Waals surface area contributed by atoms with Crippen molar-refractivity contribution in [2.24, 2.45) is 0 Å². The SMILES string of the molecule is CC(=O)N1c2ccc(S(=O)(=O)N3CCCCC3)cc2C[C@@H]1C(=O)NCc1ccccc1. The summed E-state index contributed by atoms with van der Waals surface area (Å²) in [5.41, 5.74) is 2.27. The third-order valence-corrected chi connectivity index (χ3v) is 7.83. The van der Waals surface area contributed by atoms with Gasteiger partial charge < -0.3 is 5.32 Å². The van der Waals surface area contributed by atoms with Crippen LogP contribution in [0.4, 0.5) is 5.69 Å².